The van der Waals surface area contributed by atoms with Crippen molar-refractivity contribution in [2.24, 2.45) is 0 Å². The van der Waals surface area contributed by atoms with Gasteiger partial charge in [0.05, 0.1) is 0 Å². The minimum atomic E-state index is 0. The molecule has 1 rings (SSSR count). The van der Waals surface area contributed by atoms with Gasteiger partial charge in [0.1, 0.15) is 0 Å². The van der Waals surface area contributed by atoms with Crippen LogP contribution >= 0.6 is 0 Å². The monoisotopic (exact) mass is 235 g/mol. The van der Waals surface area contributed by atoms with Crippen LogP contribution in [0.2, 0.25) is 0 Å². The molecule has 1 aromatic rings. The molecule has 0 saturated carbocycles. The van der Waals surface area contributed by atoms with Gasteiger partial charge in [-0.25, -0.2) is 0 Å². The standard InChI is InChI=1S/C10H11.Fe.3H2N/c1-2-3-7-10-8-5-4-6-9-10;;;;/h3-6,8-9H,2H2,1H3;;3*1H2/q-1;+4;3*-1. The minimum Gasteiger partial charge on any atom is -0.693 e. The van der Waals surface area contributed by atoms with E-state index in [0.29, 0.717) is 0 Å². The molecule has 0 amide bonds. The first-order chi connectivity index (χ1) is 4.93. The molecule has 80 valence electrons. The topological polar surface area (TPSA) is 100 Å². The van der Waals surface area contributed by atoms with Crippen LogP contribution in [0.5, 0.6) is 0 Å². The van der Waals surface area contributed by atoms with Crippen LogP contribution in [0.1, 0.15) is 18.9 Å². The third-order valence-electron chi connectivity index (χ3n) is 1.25. The third-order valence-corrected chi connectivity index (χ3v) is 1.25. The van der Waals surface area contributed by atoms with Gasteiger partial charge in [0.2, 0.25) is 0 Å². The van der Waals surface area contributed by atoms with Crippen molar-refractivity contribution < 1.29 is 17.1 Å². The van der Waals surface area contributed by atoms with E-state index in [1.807, 2.05) is 36.4 Å². The van der Waals surface area contributed by atoms with Crippen LogP contribution in [-0.2, 0) is 17.1 Å². The molecule has 4 heteroatoms. The molecular formula is C10H17FeN3. The number of hydrogen-bond acceptors (Lipinski definition) is 0. The molecule has 3 nitrogen and oxygen atoms in total. The Bertz CT molecular complexity index is 212. The largest absolute Gasteiger partial charge is 4.00 e. The first-order valence-corrected chi connectivity index (χ1v) is 3.56. The Morgan fingerprint density at radius 1 is 1.07 bits per heavy atom. The van der Waals surface area contributed by atoms with Crippen LogP contribution in [0, 0.1) is 6.08 Å². The van der Waals surface area contributed by atoms with Crippen LogP contribution in [-0.4, -0.2) is 0 Å². The van der Waals surface area contributed by atoms with Crippen LogP contribution in [0.4, 0.5) is 0 Å². The summed E-state index contributed by atoms with van der Waals surface area (Å²) in [6, 6.07) is 10.1. The maximum Gasteiger partial charge on any atom is 4.00 e. The molecule has 0 spiro atoms. The van der Waals surface area contributed by atoms with Crippen molar-refractivity contribution >= 4 is 0 Å². The van der Waals surface area contributed by atoms with Crippen LogP contribution < -0.4 is 0 Å². The second-order valence-corrected chi connectivity index (χ2v) is 2.12. The molecule has 1 aromatic carbocycles. The molecule has 0 aliphatic rings. The number of allylic oxidation sites excluding steroid dienone is 1. The summed E-state index contributed by atoms with van der Waals surface area (Å²) in [4.78, 5) is 0. The van der Waals surface area contributed by atoms with E-state index in [9.17, 15) is 0 Å². The summed E-state index contributed by atoms with van der Waals surface area (Å²) in [5.74, 6) is 0. The van der Waals surface area contributed by atoms with Crippen LogP contribution in [0.3, 0.4) is 0 Å². The van der Waals surface area contributed by atoms with E-state index >= 15 is 0 Å². The first kappa shape index (κ1) is 23.3. The molecule has 14 heavy (non-hydrogen) atoms. The molecule has 0 radical (unpaired) electrons. The Morgan fingerprint density at radius 2 is 1.57 bits per heavy atom. The first-order valence-electron chi connectivity index (χ1n) is 3.56. The van der Waals surface area contributed by atoms with E-state index in [2.05, 4.69) is 13.0 Å². The Labute approximate surface area is 97.2 Å². The van der Waals surface area contributed by atoms with E-state index in [0.717, 1.165) is 12.0 Å². The summed E-state index contributed by atoms with van der Waals surface area (Å²) in [6.45, 7) is 2.11. The van der Waals surface area contributed by atoms with Gasteiger partial charge in [0.15, 0.2) is 0 Å². The zero-order valence-electron chi connectivity index (χ0n) is 8.26. The Balaban J connectivity index is -0.000000125. The SMILES string of the molecule is CCC=[C-]c1ccccc1.[Fe+4].[NH2-].[NH2-].[NH2-]. The van der Waals surface area contributed by atoms with Crippen molar-refractivity contribution in [2.45, 2.75) is 13.3 Å². The van der Waals surface area contributed by atoms with Crippen molar-refractivity contribution in [1.82, 2.24) is 0 Å². The number of rotatable bonds is 2. The fourth-order valence-corrected chi connectivity index (χ4v) is 0.754. The molecule has 0 heterocycles. The van der Waals surface area contributed by atoms with Crippen molar-refractivity contribution in [3.05, 3.63) is 66.5 Å². The molecule has 0 unspecified atom stereocenters. The average molecular weight is 235 g/mol. The summed E-state index contributed by atoms with van der Waals surface area (Å²) in [5.41, 5.74) is 1.16. The molecular weight excluding hydrogens is 218 g/mol. The van der Waals surface area contributed by atoms with Gasteiger partial charge in [-0.2, -0.15) is 23.8 Å². The van der Waals surface area contributed by atoms with Gasteiger partial charge < -0.3 is 18.5 Å². The minimum absolute atomic E-state index is 0. The van der Waals surface area contributed by atoms with E-state index in [-0.39, 0.29) is 35.5 Å². The summed E-state index contributed by atoms with van der Waals surface area (Å²) in [7, 11) is 0. The molecule has 0 aliphatic carbocycles. The van der Waals surface area contributed by atoms with Gasteiger partial charge in [-0.05, 0) is 6.42 Å². The zero-order chi connectivity index (χ0) is 7.23. The predicted octanol–water partition coefficient (Wildman–Crippen LogP) is 4.95. The van der Waals surface area contributed by atoms with Gasteiger partial charge in [0, 0.05) is 0 Å². The van der Waals surface area contributed by atoms with Crippen molar-refractivity contribution in [2.75, 3.05) is 0 Å². The smallest absolute Gasteiger partial charge is 0.693 e. The van der Waals surface area contributed by atoms with Crippen molar-refractivity contribution in [3.63, 3.8) is 0 Å². The molecule has 0 saturated heterocycles. The van der Waals surface area contributed by atoms with Crippen molar-refractivity contribution in [1.29, 1.82) is 0 Å². The molecule has 0 bridgehead atoms. The fraction of sp³-hybridized carbons (Fsp3) is 0.200. The second-order valence-electron chi connectivity index (χ2n) is 2.12. The Hall–Kier alpha value is -0.641. The molecule has 6 N–H and O–H groups in total. The average Bonchev–Trinajstić information content (AvgIpc) is 2.03. The summed E-state index contributed by atoms with van der Waals surface area (Å²) < 4.78 is 0. The van der Waals surface area contributed by atoms with Crippen LogP contribution in [0.25, 0.3) is 18.5 Å². The van der Waals surface area contributed by atoms with Gasteiger partial charge in [-0.1, -0.05) is 13.0 Å². The zero-order valence-corrected chi connectivity index (χ0v) is 9.36. The van der Waals surface area contributed by atoms with E-state index < -0.39 is 0 Å². The van der Waals surface area contributed by atoms with E-state index in [1.165, 1.54) is 0 Å². The molecule has 0 fully saturated rings. The third kappa shape index (κ3) is 9.45. The molecule has 0 atom stereocenters. The number of hydrogen-bond donors (Lipinski definition) is 0. The quantitative estimate of drug-likeness (QED) is 0.511. The summed E-state index contributed by atoms with van der Waals surface area (Å²) >= 11 is 0. The number of nitrogens with two attached hydrogens (primary N) is 3. The van der Waals surface area contributed by atoms with Crippen LogP contribution in [0.15, 0.2) is 36.4 Å². The predicted molar refractivity (Wildman–Crippen MR) is 59.5 cm³/mol. The van der Waals surface area contributed by atoms with E-state index in [4.69, 9.17) is 0 Å². The molecule has 0 aromatic heterocycles. The van der Waals surface area contributed by atoms with Crippen molar-refractivity contribution in [3.8, 4) is 0 Å². The summed E-state index contributed by atoms with van der Waals surface area (Å²) in [6.07, 6.45) is 6.26. The normalized spacial score (nSPS) is 7.50. The second kappa shape index (κ2) is 14.9. The van der Waals surface area contributed by atoms with Gasteiger partial charge in [-0.15, -0.1) is 18.2 Å². The van der Waals surface area contributed by atoms with E-state index in [1.54, 1.807) is 0 Å². The summed E-state index contributed by atoms with van der Waals surface area (Å²) in [5, 5.41) is 0. The Morgan fingerprint density at radius 3 is 2.00 bits per heavy atom. The number of benzene rings is 1. The maximum absolute atomic E-state index is 3.17. The maximum atomic E-state index is 3.17. The van der Waals surface area contributed by atoms with Gasteiger partial charge in [0.25, 0.3) is 0 Å². The van der Waals surface area contributed by atoms with Gasteiger partial charge >= 0.3 is 17.1 Å². The van der Waals surface area contributed by atoms with Gasteiger partial charge in [-0.3, -0.25) is 0 Å². The molecule has 0 aliphatic heterocycles. The Kier molecular flexibility index (Phi) is 24.7. The fourth-order valence-electron chi connectivity index (χ4n) is 0.754.